The molecule has 1 aliphatic heterocycles. The van der Waals surface area contributed by atoms with Gasteiger partial charge in [-0.05, 0) is 38.5 Å². The average Bonchev–Trinajstić information content (AvgIpc) is 2.47. The normalized spacial score (nSPS) is 40.8. The number of hydrogen-bond acceptors (Lipinski definition) is 3. The highest BCUT2D eigenvalue weighted by Gasteiger charge is 2.47. The summed E-state index contributed by atoms with van der Waals surface area (Å²) in [5, 5.41) is 0.0488. The van der Waals surface area contributed by atoms with Gasteiger partial charge in [-0.2, -0.15) is 0 Å². The van der Waals surface area contributed by atoms with Gasteiger partial charge in [0.15, 0.2) is 4.93 Å². The third-order valence-electron chi connectivity index (χ3n) is 3.57. The molecule has 1 spiro atoms. The first-order chi connectivity index (χ1) is 7.15. The van der Waals surface area contributed by atoms with E-state index in [-0.39, 0.29) is 16.2 Å². The molecule has 0 radical (unpaired) electrons. The minimum atomic E-state index is -0.138. The third kappa shape index (κ3) is 2.32. The molecular formula is C12H20O2S. The zero-order valence-electron chi connectivity index (χ0n) is 9.62. The number of rotatable bonds is 2. The van der Waals surface area contributed by atoms with Gasteiger partial charge in [-0.25, -0.2) is 0 Å². The van der Waals surface area contributed by atoms with Gasteiger partial charge in [-0.15, -0.1) is 0 Å². The van der Waals surface area contributed by atoms with Crippen molar-refractivity contribution in [1.82, 2.24) is 0 Å². The lowest BCUT2D eigenvalue weighted by molar-refractivity contribution is -0.149. The fourth-order valence-corrected chi connectivity index (χ4v) is 4.09. The van der Waals surface area contributed by atoms with E-state index >= 15 is 0 Å². The minimum absolute atomic E-state index is 0.00561. The SMILES string of the molecule is CCCC1CCC2(CC1)OC(=O)C(C)S2. The highest BCUT2D eigenvalue weighted by Crippen LogP contribution is 2.49. The van der Waals surface area contributed by atoms with Crippen molar-refractivity contribution in [2.75, 3.05) is 0 Å². The van der Waals surface area contributed by atoms with Crippen LogP contribution in [0.4, 0.5) is 0 Å². The van der Waals surface area contributed by atoms with Crippen molar-refractivity contribution in [1.29, 1.82) is 0 Å². The van der Waals surface area contributed by atoms with Crippen LogP contribution >= 0.6 is 11.8 Å². The van der Waals surface area contributed by atoms with E-state index in [0.29, 0.717) is 0 Å². The second kappa shape index (κ2) is 4.36. The number of thioether (sulfide) groups is 1. The van der Waals surface area contributed by atoms with Crippen molar-refractivity contribution in [3.63, 3.8) is 0 Å². The van der Waals surface area contributed by atoms with Crippen LogP contribution in [0.15, 0.2) is 0 Å². The summed E-state index contributed by atoms with van der Waals surface area (Å²) >= 11 is 1.75. The predicted molar refractivity (Wildman–Crippen MR) is 62.7 cm³/mol. The fraction of sp³-hybridized carbons (Fsp3) is 0.917. The second-order valence-corrected chi connectivity index (χ2v) is 6.51. The standard InChI is InChI=1S/C12H20O2S/c1-3-4-10-5-7-12(8-6-10)14-11(13)9(2)15-12/h9-10H,3-8H2,1-2H3. The van der Waals surface area contributed by atoms with Crippen LogP contribution in [-0.4, -0.2) is 16.2 Å². The number of hydrogen-bond donors (Lipinski definition) is 0. The smallest absolute Gasteiger partial charge is 0.320 e. The van der Waals surface area contributed by atoms with Crippen molar-refractivity contribution in [2.24, 2.45) is 5.92 Å². The molecule has 2 aliphatic rings. The molecule has 0 amide bonds. The van der Waals surface area contributed by atoms with E-state index in [2.05, 4.69) is 6.92 Å². The lowest BCUT2D eigenvalue weighted by Crippen LogP contribution is -2.31. The Morgan fingerprint density at radius 3 is 2.60 bits per heavy atom. The Hall–Kier alpha value is -0.180. The Kier molecular flexibility index (Phi) is 3.29. The van der Waals surface area contributed by atoms with E-state index < -0.39 is 0 Å². The average molecular weight is 228 g/mol. The van der Waals surface area contributed by atoms with E-state index in [1.165, 1.54) is 25.7 Å². The van der Waals surface area contributed by atoms with E-state index in [9.17, 15) is 4.79 Å². The van der Waals surface area contributed by atoms with Crippen LogP contribution in [0.1, 0.15) is 52.4 Å². The van der Waals surface area contributed by atoms with Crippen LogP contribution in [0.2, 0.25) is 0 Å². The van der Waals surface area contributed by atoms with E-state index in [0.717, 1.165) is 18.8 Å². The van der Waals surface area contributed by atoms with Gasteiger partial charge in [0, 0.05) is 0 Å². The molecule has 0 aromatic carbocycles. The van der Waals surface area contributed by atoms with Crippen LogP contribution in [0.3, 0.4) is 0 Å². The summed E-state index contributed by atoms with van der Waals surface area (Å²) in [5.74, 6) is 0.866. The van der Waals surface area contributed by atoms with Crippen molar-refractivity contribution >= 4 is 17.7 Å². The van der Waals surface area contributed by atoms with E-state index in [1.807, 2.05) is 6.92 Å². The topological polar surface area (TPSA) is 26.3 Å². The molecule has 1 heterocycles. The molecule has 86 valence electrons. The lowest BCUT2D eigenvalue weighted by Gasteiger charge is -2.34. The molecule has 1 atom stereocenters. The lowest BCUT2D eigenvalue weighted by atomic mass is 9.84. The highest BCUT2D eigenvalue weighted by atomic mass is 32.2. The molecule has 1 aliphatic carbocycles. The first-order valence-corrected chi connectivity index (χ1v) is 6.94. The monoisotopic (exact) mass is 228 g/mol. The molecule has 0 aromatic rings. The molecule has 2 nitrogen and oxygen atoms in total. The molecule has 0 bridgehead atoms. The number of ether oxygens (including phenoxy) is 1. The van der Waals surface area contributed by atoms with Crippen molar-refractivity contribution in [2.45, 2.75) is 62.6 Å². The maximum atomic E-state index is 11.4. The van der Waals surface area contributed by atoms with Gasteiger partial charge in [-0.3, -0.25) is 4.79 Å². The first-order valence-electron chi connectivity index (χ1n) is 6.06. The maximum absolute atomic E-state index is 11.4. The van der Waals surface area contributed by atoms with Crippen LogP contribution in [0.25, 0.3) is 0 Å². The summed E-state index contributed by atoms with van der Waals surface area (Å²) < 4.78 is 5.55. The van der Waals surface area contributed by atoms with Crippen LogP contribution in [0, 0.1) is 5.92 Å². The Labute approximate surface area is 96.1 Å². The Morgan fingerprint density at radius 1 is 1.47 bits per heavy atom. The van der Waals surface area contributed by atoms with Crippen molar-refractivity contribution < 1.29 is 9.53 Å². The number of esters is 1. The molecule has 0 aromatic heterocycles. The van der Waals surface area contributed by atoms with E-state index in [1.54, 1.807) is 11.8 Å². The predicted octanol–water partition coefficient (Wildman–Crippen LogP) is 3.35. The summed E-state index contributed by atoms with van der Waals surface area (Å²) in [4.78, 5) is 11.3. The summed E-state index contributed by atoms with van der Waals surface area (Å²) in [6.07, 6.45) is 7.23. The Balaban J connectivity index is 1.90. The van der Waals surface area contributed by atoms with Crippen molar-refractivity contribution in [3.05, 3.63) is 0 Å². The second-order valence-electron chi connectivity index (χ2n) is 4.82. The fourth-order valence-electron chi connectivity index (χ4n) is 2.69. The molecule has 15 heavy (non-hydrogen) atoms. The molecule has 2 rings (SSSR count). The summed E-state index contributed by atoms with van der Waals surface area (Å²) in [6.45, 7) is 4.21. The zero-order valence-corrected chi connectivity index (χ0v) is 10.4. The van der Waals surface area contributed by atoms with Gasteiger partial charge in [0.25, 0.3) is 0 Å². The minimum Gasteiger partial charge on any atom is -0.447 e. The molecule has 2 fully saturated rings. The Bertz CT molecular complexity index is 244. The Morgan fingerprint density at radius 2 is 2.13 bits per heavy atom. The maximum Gasteiger partial charge on any atom is 0.320 e. The van der Waals surface area contributed by atoms with Crippen molar-refractivity contribution in [3.8, 4) is 0 Å². The van der Waals surface area contributed by atoms with E-state index in [4.69, 9.17) is 4.74 Å². The first kappa shape index (κ1) is 11.3. The van der Waals surface area contributed by atoms with Gasteiger partial charge in [0.05, 0.1) is 0 Å². The quantitative estimate of drug-likeness (QED) is 0.678. The highest BCUT2D eigenvalue weighted by molar-refractivity contribution is 8.02. The molecule has 1 saturated heterocycles. The molecule has 3 heteroatoms. The van der Waals surface area contributed by atoms with Gasteiger partial charge in [0.2, 0.25) is 0 Å². The zero-order chi connectivity index (χ0) is 10.9. The molecule has 0 N–H and O–H groups in total. The summed E-state index contributed by atoms with van der Waals surface area (Å²) in [7, 11) is 0. The molecule has 1 saturated carbocycles. The van der Waals surface area contributed by atoms with Crippen LogP contribution in [0.5, 0.6) is 0 Å². The van der Waals surface area contributed by atoms with Gasteiger partial charge in [0.1, 0.15) is 5.25 Å². The summed E-state index contributed by atoms with van der Waals surface area (Å²) in [6, 6.07) is 0. The van der Waals surface area contributed by atoms with Gasteiger partial charge < -0.3 is 4.74 Å². The third-order valence-corrected chi connectivity index (χ3v) is 5.04. The van der Waals surface area contributed by atoms with Gasteiger partial charge >= 0.3 is 5.97 Å². The number of carbonyl (C=O) groups excluding carboxylic acids is 1. The number of carbonyl (C=O) groups is 1. The van der Waals surface area contributed by atoms with Crippen LogP contribution in [-0.2, 0) is 9.53 Å². The van der Waals surface area contributed by atoms with Gasteiger partial charge in [-0.1, -0.05) is 31.5 Å². The molecule has 1 unspecified atom stereocenters. The largest absolute Gasteiger partial charge is 0.447 e. The molecular weight excluding hydrogens is 208 g/mol. The van der Waals surface area contributed by atoms with Crippen LogP contribution < -0.4 is 0 Å². The summed E-state index contributed by atoms with van der Waals surface area (Å²) in [5.41, 5.74) is 0.